The third kappa shape index (κ3) is 1.93. The maximum atomic E-state index is 13.0. The number of carbonyl (C=O) groups is 1. The second-order valence-corrected chi connectivity index (χ2v) is 4.52. The largest absolute Gasteiger partial charge is 0.478 e. The molecule has 0 aliphatic heterocycles. The van der Waals surface area contributed by atoms with Gasteiger partial charge in [-0.1, -0.05) is 0 Å². The van der Waals surface area contributed by atoms with Crippen molar-refractivity contribution in [1.29, 1.82) is 0 Å². The summed E-state index contributed by atoms with van der Waals surface area (Å²) in [6.07, 6.45) is 1.66. The summed E-state index contributed by atoms with van der Waals surface area (Å²) >= 11 is 0. The van der Waals surface area contributed by atoms with E-state index in [0.717, 1.165) is 11.3 Å². The number of nitrogens with zero attached hydrogens (tertiary/aromatic N) is 2. The zero-order valence-corrected chi connectivity index (χ0v) is 10.7. The van der Waals surface area contributed by atoms with E-state index in [-0.39, 0.29) is 11.4 Å². The van der Waals surface area contributed by atoms with E-state index in [1.54, 1.807) is 29.7 Å². The fraction of sp³-hybridized carbons (Fsp3) is 0.0667. The molecule has 1 N–H and O–H groups in total. The highest BCUT2D eigenvalue weighted by molar-refractivity contribution is 5.95. The molecule has 0 aliphatic carbocycles. The van der Waals surface area contributed by atoms with Crippen molar-refractivity contribution in [1.82, 2.24) is 9.38 Å². The van der Waals surface area contributed by atoms with E-state index >= 15 is 0 Å². The number of carboxylic acid groups (broad SMARTS) is 1. The van der Waals surface area contributed by atoms with E-state index in [2.05, 4.69) is 4.98 Å². The van der Waals surface area contributed by atoms with Gasteiger partial charge >= 0.3 is 5.97 Å². The monoisotopic (exact) mass is 270 g/mol. The molecule has 0 amide bonds. The highest BCUT2D eigenvalue weighted by Gasteiger charge is 2.14. The summed E-state index contributed by atoms with van der Waals surface area (Å²) in [6.45, 7) is 1.80. The third-order valence-corrected chi connectivity index (χ3v) is 3.12. The number of halogens is 1. The smallest absolute Gasteiger partial charge is 0.339 e. The summed E-state index contributed by atoms with van der Waals surface area (Å²) in [5.41, 5.74) is 2.82. The van der Waals surface area contributed by atoms with Gasteiger partial charge in [-0.3, -0.25) is 0 Å². The minimum atomic E-state index is -1.02. The van der Waals surface area contributed by atoms with Crippen molar-refractivity contribution in [3.05, 3.63) is 59.7 Å². The molecular weight excluding hydrogens is 259 g/mol. The summed E-state index contributed by atoms with van der Waals surface area (Å²) in [4.78, 5) is 15.4. The molecule has 0 saturated carbocycles. The summed E-state index contributed by atoms with van der Waals surface area (Å²) in [5.74, 6) is -1.33. The Bertz CT molecular complexity index is 807. The molecule has 0 bridgehead atoms. The SMILES string of the molecule is Cc1cc(-c2ccc(F)cc2)n2ccc(C(=O)O)c2n1. The molecule has 3 aromatic rings. The Morgan fingerprint density at radius 2 is 1.95 bits per heavy atom. The van der Waals surface area contributed by atoms with Crippen LogP contribution in [0, 0.1) is 12.7 Å². The van der Waals surface area contributed by atoms with Crippen LogP contribution >= 0.6 is 0 Å². The first-order valence-corrected chi connectivity index (χ1v) is 6.04. The fourth-order valence-electron chi connectivity index (χ4n) is 2.21. The molecule has 0 spiro atoms. The van der Waals surface area contributed by atoms with Gasteiger partial charge in [0.25, 0.3) is 0 Å². The van der Waals surface area contributed by atoms with Crippen LogP contribution in [0.4, 0.5) is 4.39 Å². The Labute approximate surface area is 114 Å². The summed E-state index contributed by atoms with van der Waals surface area (Å²) in [5, 5.41) is 9.16. The molecule has 0 aliphatic rings. The molecule has 0 saturated heterocycles. The van der Waals surface area contributed by atoms with Crippen molar-refractivity contribution in [3.8, 4) is 11.3 Å². The van der Waals surface area contributed by atoms with Gasteiger partial charge in [0, 0.05) is 11.9 Å². The lowest BCUT2D eigenvalue weighted by molar-refractivity contribution is 0.0699. The van der Waals surface area contributed by atoms with Crippen LogP contribution < -0.4 is 0 Å². The fourth-order valence-corrected chi connectivity index (χ4v) is 2.21. The average Bonchev–Trinajstić information content (AvgIpc) is 2.82. The van der Waals surface area contributed by atoms with Crippen LogP contribution in [0.1, 0.15) is 16.1 Å². The molecule has 2 heterocycles. The van der Waals surface area contributed by atoms with Gasteiger partial charge in [-0.2, -0.15) is 0 Å². The van der Waals surface area contributed by atoms with E-state index in [1.807, 2.05) is 6.07 Å². The van der Waals surface area contributed by atoms with Crippen LogP contribution in [0.2, 0.25) is 0 Å². The summed E-state index contributed by atoms with van der Waals surface area (Å²) in [7, 11) is 0. The summed E-state index contributed by atoms with van der Waals surface area (Å²) < 4.78 is 14.7. The van der Waals surface area contributed by atoms with Crippen LogP contribution in [-0.2, 0) is 0 Å². The average molecular weight is 270 g/mol. The molecule has 3 rings (SSSR count). The van der Waals surface area contributed by atoms with Gasteiger partial charge < -0.3 is 9.51 Å². The number of rotatable bonds is 2. The standard InChI is InChI=1S/C15H11FN2O2/c1-9-8-13(10-2-4-11(16)5-3-10)18-7-6-12(15(19)20)14(18)17-9/h2-8H,1H3,(H,19,20). The van der Waals surface area contributed by atoms with E-state index in [1.165, 1.54) is 18.2 Å². The van der Waals surface area contributed by atoms with E-state index in [4.69, 9.17) is 5.11 Å². The topological polar surface area (TPSA) is 54.6 Å². The zero-order valence-electron chi connectivity index (χ0n) is 10.7. The van der Waals surface area contributed by atoms with Crippen LogP contribution in [-0.4, -0.2) is 20.5 Å². The molecule has 100 valence electrons. The van der Waals surface area contributed by atoms with Crippen molar-refractivity contribution >= 4 is 11.6 Å². The van der Waals surface area contributed by atoms with Crippen LogP contribution in [0.5, 0.6) is 0 Å². The molecule has 20 heavy (non-hydrogen) atoms. The highest BCUT2D eigenvalue weighted by atomic mass is 19.1. The molecule has 4 nitrogen and oxygen atoms in total. The van der Waals surface area contributed by atoms with Crippen LogP contribution in [0.3, 0.4) is 0 Å². The Balaban J connectivity index is 2.30. The lowest BCUT2D eigenvalue weighted by atomic mass is 10.1. The molecule has 0 atom stereocenters. The molecule has 2 aromatic heterocycles. The number of carboxylic acids is 1. The Morgan fingerprint density at radius 3 is 2.60 bits per heavy atom. The first kappa shape index (κ1) is 12.3. The third-order valence-electron chi connectivity index (χ3n) is 3.12. The second kappa shape index (κ2) is 4.45. The molecular formula is C15H11FN2O2. The predicted molar refractivity (Wildman–Crippen MR) is 72.3 cm³/mol. The van der Waals surface area contributed by atoms with E-state index in [0.29, 0.717) is 11.3 Å². The van der Waals surface area contributed by atoms with Gasteiger partial charge in [-0.05, 0) is 48.9 Å². The normalized spacial score (nSPS) is 10.9. The molecule has 0 fully saturated rings. The van der Waals surface area contributed by atoms with Crippen LogP contribution in [0.25, 0.3) is 16.9 Å². The lowest BCUT2D eigenvalue weighted by Gasteiger charge is -2.08. The lowest BCUT2D eigenvalue weighted by Crippen LogP contribution is -2.00. The predicted octanol–water partition coefficient (Wildman–Crippen LogP) is 3.15. The zero-order chi connectivity index (χ0) is 14.3. The van der Waals surface area contributed by atoms with E-state index in [9.17, 15) is 9.18 Å². The van der Waals surface area contributed by atoms with Crippen molar-refractivity contribution in [2.75, 3.05) is 0 Å². The van der Waals surface area contributed by atoms with Gasteiger partial charge in [0.15, 0.2) is 5.65 Å². The Morgan fingerprint density at radius 1 is 1.25 bits per heavy atom. The van der Waals surface area contributed by atoms with Crippen molar-refractivity contribution in [2.24, 2.45) is 0 Å². The number of hydrogen-bond acceptors (Lipinski definition) is 2. The first-order valence-electron chi connectivity index (χ1n) is 6.04. The molecule has 5 heteroatoms. The quantitative estimate of drug-likeness (QED) is 0.778. The number of aromatic carboxylic acids is 1. The van der Waals surface area contributed by atoms with E-state index < -0.39 is 5.97 Å². The number of hydrogen-bond donors (Lipinski definition) is 1. The molecule has 1 aromatic carbocycles. The number of benzene rings is 1. The number of fused-ring (bicyclic) bond motifs is 1. The summed E-state index contributed by atoms with van der Waals surface area (Å²) in [6, 6.07) is 9.41. The van der Waals surface area contributed by atoms with Gasteiger partial charge in [-0.15, -0.1) is 0 Å². The minimum absolute atomic E-state index is 0.150. The number of aromatic nitrogens is 2. The Hall–Kier alpha value is -2.69. The van der Waals surface area contributed by atoms with Crippen molar-refractivity contribution in [2.45, 2.75) is 6.92 Å². The second-order valence-electron chi connectivity index (χ2n) is 4.52. The maximum absolute atomic E-state index is 13.0. The van der Waals surface area contributed by atoms with Gasteiger partial charge in [0.2, 0.25) is 0 Å². The highest BCUT2D eigenvalue weighted by Crippen LogP contribution is 2.24. The van der Waals surface area contributed by atoms with Gasteiger partial charge in [0.1, 0.15) is 11.4 Å². The van der Waals surface area contributed by atoms with Gasteiger partial charge in [-0.25, -0.2) is 14.2 Å². The molecule has 0 unspecified atom stereocenters. The minimum Gasteiger partial charge on any atom is -0.478 e. The number of aryl methyl sites for hydroxylation is 1. The maximum Gasteiger partial charge on any atom is 0.339 e. The molecule has 0 radical (unpaired) electrons. The van der Waals surface area contributed by atoms with Crippen LogP contribution in [0.15, 0.2) is 42.6 Å². The van der Waals surface area contributed by atoms with Gasteiger partial charge in [0.05, 0.1) is 5.69 Å². The Kier molecular flexibility index (Phi) is 2.75. The van der Waals surface area contributed by atoms with Crippen molar-refractivity contribution in [3.63, 3.8) is 0 Å². The van der Waals surface area contributed by atoms with Crippen molar-refractivity contribution < 1.29 is 14.3 Å². The first-order chi connectivity index (χ1) is 9.56.